The van der Waals surface area contributed by atoms with Crippen LogP contribution in [0.1, 0.15) is 5.01 Å². The molecular weight excluding hydrogens is 263 g/mol. The van der Waals surface area contributed by atoms with Crippen LogP contribution in [0.2, 0.25) is 10.0 Å². The number of hydrogen-bond acceptors (Lipinski definition) is 3. The molecule has 2 rings (SSSR count). The van der Waals surface area contributed by atoms with Crippen LogP contribution in [0.25, 0.3) is 11.3 Å². The molecule has 2 aromatic rings. The fourth-order valence-electron chi connectivity index (χ4n) is 1.37. The van der Waals surface area contributed by atoms with Crippen molar-refractivity contribution >= 4 is 34.5 Å². The quantitative estimate of drug-likeness (QED) is 0.927. The normalized spacial score (nSPS) is 10.7. The summed E-state index contributed by atoms with van der Waals surface area (Å²) in [4.78, 5) is 4.47. The van der Waals surface area contributed by atoms with Crippen LogP contribution in [-0.4, -0.2) is 11.5 Å². The highest BCUT2D eigenvalue weighted by Gasteiger charge is 2.09. The summed E-state index contributed by atoms with van der Waals surface area (Å²) in [6, 6.07) is 5.54. The van der Waals surface area contributed by atoms with Crippen molar-refractivity contribution in [2.24, 2.45) is 5.73 Å². The molecule has 0 radical (unpaired) electrons. The molecule has 84 valence electrons. The second-order valence-corrected chi connectivity index (χ2v) is 4.99. The van der Waals surface area contributed by atoms with Gasteiger partial charge in [-0.2, -0.15) is 0 Å². The molecule has 2 N–H and O–H groups in total. The summed E-state index contributed by atoms with van der Waals surface area (Å²) < 4.78 is 0. The van der Waals surface area contributed by atoms with Gasteiger partial charge in [0.15, 0.2) is 0 Å². The lowest BCUT2D eigenvalue weighted by molar-refractivity contribution is 0.954. The van der Waals surface area contributed by atoms with Crippen LogP contribution < -0.4 is 5.73 Å². The molecule has 0 fully saturated rings. The Morgan fingerprint density at radius 3 is 2.88 bits per heavy atom. The van der Waals surface area contributed by atoms with Crippen molar-refractivity contribution in [3.63, 3.8) is 0 Å². The Morgan fingerprint density at radius 1 is 1.31 bits per heavy atom. The van der Waals surface area contributed by atoms with E-state index in [1.165, 1.54) is 0 Å². The van der Waals surface area contributed by atoms with E-state index in [1.807, 2.05) is 17.5 Å². The summed E-state index contributed by atoms with van der Waals surface area (Å²) in [7, 11) is 0. The summed E-state index contributed by atoms with van der Waals surface area (Å²) in [6.07, 6.45) is 0.794. The van der Waals surface area contributed by atoms with Gasteiger partial charge in [-0.25, -0.2) is 4.98 Å². The maximum Gasteiger partial charge on any atom is 0.0945 e. The first-order valence-electron chi connectivity index (χ1n) is 4.81. The number of nitrogens with zero attached hydrogens (tertiary/aromatic N) is 1. The molecule has 0 aliphatic carbocycles. The fraction of sp³-hybridized carbons (Fsp3) is 0.182. The molecule has 16 heavy (non-hydrogen) atoms. The largest absolute Gasteiger partial charge is 0.330 e. The Morgan fingerprint density at radius 2 is 2.12 bits per heavy atom. The lowest BCUT2D eigenvalue weighted by Gasteiger charge is -2.01. The number of thiazole rings is 1. The van der Waals surface area contributed by atoms with Crippen molar-refractivity contribution in [1.82, 2.24) is 4.98 Å². The SMILES string of the molecule is NCCc1nc(-c2cccc(Cl)c2Cl)cs1. The van der Waals surface area contributed by atoms with Crippen molar-refractivity contribution in [2.45, 2.75) is 6.42 Å². The van der Waals surface area contributed by atoms with E-state index in [0.29, 0.717) is 16.6 Å². The minimum atomic E-state index is 0.549. The molecule has 0 atom stereocenters. The third kappa shape index (κ3) is 2.38. The average molecular weight is 273 g/mol. The minimum absolute atomic E-state index is 0.549. The summed E-state index contributed by atoms with van der Waals surface area (Å²) in [5, 5.41) is 4.09. The zero-order valence-corrected chi connectivity index (χ0v) is 10.7. The molecule has 0 amide bonds. The molecule has 0 saturated carbocycles. The van der Waals surface area contributed by atoms with Crippen LogP contribution in [0.5, 0.6) is 0 Å². The maximum atomic E-state index is 6.12. The summed E-state index contributed by atoms with van der Waals surface area (Å²) >= 11 is 13.7. The molecule has 0 aliphatic heterocycles. The third-order valence-electron chi connectivity index (χ3n) is 2.14. The number of aromatic nitrogens is 1. The first-order chi connectivity index (χ1) is 7.72. The fourth-order valence-corrected chi connectivity index (χ4v) is 2.59. The van der Waals surface area contributed by atoms with Crippen LogP contribution in [0.15, 0.2) is 23.6 Å². The highest BCUT2D eigenvalue weighted by molar-refractivity contribution is 7.10. The zero-order valence-electron chi connectivity index (χ0n) is 8.41. The van der Waals surface area contributed by atoms with Gasteiger partial charge in [0.25, 0.3) is 0 Å². The third-order valence-corrected chi connectivity index (χ3v) is 3.86. The Hall–Kier alpha value is -0.610. The van der Waals surface area contributed by atoms with Crippen LogP contribution in [0.3, 0.4) is 0 Å². The molecule has 5 heteroatoms. The first kappa shape index (κ1) is 11.9. The molecule has 1 aromatic carbocycles. The Balaban J connectivity index is 2.39. The van der Waals surface area contributed by atoms with Gasteiger partial charge < -0.3 is 5.73 Å². The van der Waals surface area contributed by atoms with Gasteiger partial charge in [0, 0.05) is 17.4 Å². The minimum Gasteiger partial charge on any atom is -0.330 e. The molecule has 2 nitrogen and oxygen atoms in total. The summed E-state index contributed by atoms with van der Waals surface area (Å²) in [6.45, 7) is 0.607. The van der Waals surface area contributed by atoms with Crippen molar-refractivity contribution in [3.8, 4) is 11.3 Å². The van der Waals surface area contributed by atoms with Gasteiger partial charge in [-0.15, -0.1) is 11.3 Å². The number of benzene rings is 1. The van der Waals surface area contributed by atoms with Gasteiger partial charge in [-0.3, -0.25) is 0 Å². The molecule has 0 unspecified atom stereocenters. The van der Waals surface area contributed by atoms with Gasteiger partial charge in [0.05, 0.1) is 20.7 Å². The number of rotatable bonds is 3. The van der Waals surface area contributed by atoms with Gasteiger partial charge in [-0.1, -0.05) is 35.3 Å². The van der Waals surface area contributed by atoms with Crippen molar-refractivity contribution in [1.29, 1.82) is 0 Å². The van der Waals surface area contributed by atoms with Gasteiger partial charge >= 0.3 is 0 Å². The molecule has 0 bridgehead atoms. The zero-order chi connectivity index (χ0) is 11.5. The Labute approximate surface area is 108 Å². The van der Waals surface area contributed by atoms with Crippen molar-refractivity contribution in [2.75, 3.05) is 6.54 Å². The van der Waals surface area contributed by atoms with E-state index in [0.717, 1.165) is 22.7 Å². The van der Waals surface area contributed by atoms with Crippen molar-refractivity contribution in [3.05, 3.63) is 38.6 Å². The van der Waals surface area contributed by atoms with Crippen LogP contribution >= 0.6 is 34.5 Å². The van der Waals surface area contributed by atoms with Crippen LogP contribution in [-0.2, 0) is 6.42 Å². The van der Waals surface area contributed by atoms with E-state index >= 15 is 0 Å². The summed E-state index contributed by atoms with van der Waals surface area (Å²) in [5.41, 5.74) is 7.21. The van der Waals surface area contributed by atoms with E-state index in [-0.39, 0.29) is 0 Å². The smallest absolute Gasteiger partial charge is 0.0945 e. The van der Waals surface area contributed by atoms with E-state index in [1.54, 1.807) is 17.4 Å². The molecule has 1 aromatic heterocycles. The summed E-state index contributed by atoms with van der Waals surface area (Å²) in [5.74, 6) is 0. The second-order valence-electron chi connectivity index (χ2n) is 3.27. The van der Waals surface area contributed by atoms with Crippen molar-refractivity contribution < 1.29 is 0 Å². The highest BCUT2D eigenvalue weighted by atomic mass is 35.5. The Kier molecular flexibility index (Phi) is 3.82. The van der Waals surface area contributed by atoms with E-state index in [4.69, 9.17) is 28.9 Å². The van der Waals surface area contributed by atoms with E-state index < -0.39 is 0 Å². The maximum absolute atomic E-state index is 6.12. The van der Waals surface area contributed by atoms with Gasteiger partial charge in [-0.05, 0) is 12.6 Å². The van der Waals surface area contributed by atoms with Gasteiger partial charge in [0.1, 0.15) is 0 Å². The number of halogens is 2. The highest BCUT2D eigenvalue weighted by Crippen LogP contribution is 2.33. The standard InChI is InChI=1S/C11H10Cl2N2S/c12-8-3-1-2-7(11(8)13)9-6-16-10(15-9)4-5-14/h1-3,6H,4-5,14H2. The second kappa shape index (κ2) is 5.15. The molecule has 0 spiro atoms. The molecule has 0 saturated heterocycles. The van der Waals surface area contributed by atoms with Crippen LogP contribution in [0, 0.1) is 0 Å². The molecule has 1 heterocycles. The molecular formula is C11H10Cl2N2S. The van der Waals surface area contributed by atoms with E-state index in [2.05, 4.69) is 4.98 Å². The first-order valence-corrected chi connectivity index (χ1v) is 6.45. The van der Waals surface area contributed by atoms with Gasteiger partial charge in [0.2, 0.25) is 0 Å². The predicted octanol–water partition coefficient (Wildman–Crippen LogP) is 3.62. The number of hydrogen-bond donors (Lipinski definition) is 1. The lowest BCUT2D eigenvalue weighted by atomic mass is 10.2. The average Bonchev–Trinajstić information content (AvgIpc) is 2.71. The predicted molar refractivity (Wildman–Crippen MR) is 70.3 cm³/mol. The number of nitrogens with two attached hydrogens (primary N) is 1. The topological polar surface area (TPSA) is 38.9 Å². The Bertz CT molecular complexity index is 496. The molecule has 0 aliphatic rings. The van der Waals surface area contributed by atoms with E-state index in [9.17, 15) is 0 Å². The monoisotopic (exact) mass is 272 g/mol. The van der Waals surface area contributed by atoms with Crippen LogP contribution in [0.4, 0.5) is 0 Å². The lowest BCUT2D eigenvalue weighted by Crippen LogP contribution is -2.01.